The Morgan fingerprint density at radius 3 is 2.50 bits per heavy atom. The monoisotopic (exact) mass is 253 g/mol. The zero-order valence-electron chi connectivity index (χ0n) is 11.0. The molecule has 1 aromatic carbocycles. The lowest BCUT2D eigenvalue weighted by molar-refractivity contribution is -0.137. The lowest BCUT2D eigenvalue weighted by Crippen LogP contribution is -2.27. The van der Waals surface area contributed by atoms with Crippen LogP contribution in [-0.2, 0) is 11.2 Å². The third-order valence-electron chi connectivity index (χ3n) is 2.64. The number of likely N-dealkylation sites (N-methyl/N-ethyl adjacent to an activating group) is 1. The Labute approximate surface area is 107 Å². The summed E-state index contributed by atoms with van der Waals surface area (Å²) in [5.41, 5.74) is 1.09. The van der Waals surface area contributed by atoms with Gasteiger partial charge in [0.1, 0.15) is 0 Å². The van der Waals surface area contributed by atoms with E-state index in [4.69, 9.17) is 14.6 Å². The Balaban J connectivity index is 2.60. The van der Waals surface area contributed by atoms with Gasteiger partial charge in [0.05, 0.1) is 20.8 Å². The molecule has 0 fully saturated rings. The summed E-state index contributed by atoms with van der Waals surface area (Å²) in [5, 5.41) is 8.65. The molecule has 5 nitrogen and oxygen atoms in total. The van der Waals surface area contributed by atoms with Crippen molar-refractivity contribution in [2.45, 2.75) is 6.42 Å². The van der Waals surface area contributed by atoms with Crippen LogP contribution in [0.3, 0.4) is 0 Å². The first-order valence-corrected chi connectivity index (χ1v) is 5.68. The number of ether oxygens (including phenoxy) is 2. The van der Waals surface area contributed by atoms with Gasteiger partial charge in [-0.3, -0.25) is 9.69 Å². The number of carboxylic acid groups (broad SMARTS) is 1. The fourth-order valence-corrected chi connectivity index (χ4v) is 1.67. The van der Waals surface area contributed by atoms with Gasteiger partial charge in [0, 0.05) is 6.54 Å². The van der Waals surface area contributed by atoms with Gasteiger partial charge in [-0.25, -0.2) is 0 Å². The van der Waals surface area contributed by atoms with Crippen LogP contribution in [0.4, 0.5) is 0 Å². The van der Waals surface area contributed by atoms with Crippen molar-refractivity contribution in [2.24, 2.45) is 0 Å². The molecule has 5 heteroatoms. The van der Waals surface area contributed by atoms with E-state index in [1.807, 2.05) is 18.2 Å². The van der Waals surface area contributed by atoms with Crippen LogP contribution < -0.4 is 9.47 Å². The van der Waals surface area contributed by atoms with Gasteiger partial charge in [-0.2, -0.15) is 0 Å². The summed E-state index contributed by atoms with van der Waals surface area (Å²) < 4.78 is 10.4. The lowest BCUT2D eigenvalue weighted by atomic mass is 10.1. The van der Waals surface area contributed by atoms with Crippen LogP contribution in [0.2, 0.25) is 0 Å². The van der Waals surface area contributed by atoms with E-state index in [0.717, 1.165) is 12.0 Å². The van der Waals surface area contributed by atoms with Gasteiger partial charge in [0.2, 0.25) is 0 Å². The number of carbonyl (C=O) groups is 1. The van der Waals surface area contributed by atoms with Gasteiger partial charge in [-0.05, 0) is 31.2 Å². The summed E-state index contributed by atoms with van der Waals surface area (Å²) in [6.45, 7) is 0.731. The summed E-state index contributed by atoms with van der Waals surface area (Å²) >= 11 is 0. The fraction of sp³-hybridized carbons (Fsp3) is 0.462. The van der Waals surface area contributed by atoms with E-state index in [9.17, 15) is 4.79 Å². The first kappa shape index (κ1) is 14.3. The normalized spacial score (nSPS) is 10.4. The Kier molecular flexibility index (Phi) is 5.45. The summed E-state index contributed by atoms with van der Waals surface area (Å²) in [7, 11) is 4.98. The number of nitrogens with zero attached hydrogens (tertiary/aromatic N) is 1. The third-order valence-corrected chi connectivity index (χ3v) is 2.64. The number of methoxy groups -OCH3 is 2. The van der Waals surface area contributed by atoms with Gasteiger partial charge in [-0.15, -0.1) is 0 Å². The number of benzene rings is 1. The van der Waals surface area contributed by atoms with Crippen LogP contribution in [-0.4, -0.2) is 50.3 Å². The van der Waals surface area contributed by atoms with Crippen molar-refractivity contribution < 1.29 is 19.4 Å². The third kappa shape index (κ3) is 4.25. The van der Waals surface area contributed by atoms with Crippen molar-refractivity contribution in [1.82, 2.24) is 4.90 Å². The summed E-state index contributed by atoms with van der Waals surface area (Å²) in [4.78, 5) is 12.3. The standard InChI is InChI=1S/C13H19NO4/c1-14(9-13(15)16)7-6-10-4-5-11(17-2)12(8-10)18-3/h4-5,8H,6-7,9H2,1-3H3,(H,15,16). The average Bonchev–Trinajstić information content (AvgIpc) is 2.35. The topological polar surface area (TPSA) is 59.0 Å². The molecule has 18 heavy (non-hydrogen) atoms. The van der Waals surface area contributed by atoms with Gasteiger partial charge in [0.25, 0.3) is 0 Å². The summed E-state index contributed by atoms with van der Waals surface area (Å²) in [6, 6.07) is 5.72. The minimum absolute atomic E-state index is 0.0489. The predicted octanol–water partition coefficient (Wildman–Crippen LogP) is 1.26. The highest BCUT2D eigenvalue weighted by Gasteiger charge is 2.07. The SMILES string of the molecule is COc1ccc(CCN(C)CC(=O)O)cc1OC. The fourth-order valence-electron chi connectivity index (χ4n) is 1.67. The Morgan fingerprint density at radius 2 is 1.94 bits per heavy atom. The van der Waals surface area contributed by atoms with E-state index in [2.05, 4.69) is 0 Å². The van der Waals surface area contributed by atoms with Crippen LogP contribution in [0.15, 0.2) is 18.2 Å². The number of carboxylic acids is 1. The molecule has 0 bridgehead atoms. The predicted molar refractivity (Wildman–Crippen MR) is 68.4 cm³/mol. The Morgan fingerprint density at radius 1 is 1.28 bits per heavy atom. The van der Waals surface area contributed by atoms with E-state index in [0.29, 0.717) is 18.0 Å². The zero-order chi connectivity index (χ0) is 13.5. The van der Waals surface area contributed by atoms with E-state index in [1.165, 1.54) is 0 Å². The highest BCUT2D eigenvalue weighted by atomic mass is 16.5. The van der Waals surface area contributed by atoms with Crippen molar-refractivity contribution in [1.29, 1.82) is 0 Å². The molecule has 0 unspecified atom stereocenters. The Bertz CT molecular complexity index is 406. The maximum absolute atomic E-state index is 10.5. The van der Waals surface area contributed by atoms with Gasteiger partial charge in [-0.1, -0.05) is 6.07 Å². The van der Waals surface area contributed by atoms with E-state index >= 15 is 0 Å². The van der Waals surface area contributed by atoms with Gasteiger partial charge < -0.3 is 14.6 Å². The number of rotatable bonds is 7. The molecule has 0 heterocycles. The molecule has 0 spiro atoms. The minimum Gasteiger partial charge on any atom is -0.493 e. The van der Waals surface area contributed by atoms with Crippen molar-refractivity contribution in [3.63, 3.8) is 0 Å². The van der Waals surface area contributed by atoms with Crippen molar-refractivity contribution in [3.8, 4) is 11.5 Å². The summed E-state index contributed by atoms with van der Waals surface area (Å²) in [6.07, 6.45) is 0.768. The maximum Gasteiger partial charge on any atom is 0.317 e. The highest BCUT2D eigenvalue weighted by molar-refractivity contribution is 5.69. The van der Waals surface area contributed by atoms with Gasteiger partial charge in [0.15, 0.2) is 11.5 Å². The molecule has 0 amide bonds. The molecule has 0 saturated carbocycles. The second-order valence-corrected chi connectivity index (χ2v) is 4.07. The average molecular weight is 253 g/mol. The largest absolute Gasteiger partial charge is 0.493 e. The first-order chi connectivity index (χ1) is 8.56. The second-order valence-electron chi connectivity index (χ2n) is 4.07. The molecule has 1 N–H and O–H groups in total. The van der Waals surface area contributed by atoms with E-state index < -0.39 is 5.97 Å². The number of hydrogen-bond acceptors (Lipinski definition) is 4. The molecule has 0 aliphatic heterocycles. The lowest BCUT2D eigenvalue weighted by Gasteiger charge is -2.14. The molecule has 0 radical (unpaired) electrons. The molecule has 0 aromatic heterocycles. The molecule has 0 aliphatic carbocycles. The van der Waals surface area contributed by atoms with Crippen LogP contribution in [0.1, 0.15) is 5.56 Å². The van der Waals surface area contributed by atoms with Crippen LogP contribution in [0, 0.1) is 0 Å². The molecular weight excluding hydrogens is 234 g/mol. The van der Waals surface area contributed by atoms with Crippen molar-refractivity contribution in [2.75, 3.05) is 34.4 Å². The second kappa shape index (κ2) is 6.86. The van der Waals surface area contributed by atoms with Crippen LogP contribution in [0.5, 0.6) is 11.5 Å². The molecular formula is C13H19NO4. The molecule has 1 aromatic rings. The van der Waals surface area contributed by atoms with Gasteiger partial charge >= 0.3 is 5.97 Å². The Hall–Kier alpha value is -1.75. The minimum atomic E-state index is -0.815. The summed E-state index contributed by atoms with van der Waals surface area (Å²) in [5.74, 6) is 0.570. The molecule has 0 saturated heterocycles. The maximum atomic E-state index is 10.5. The molecule has 0 aliphatic rings. The van der Waals surface area contributed by atoms with E-state index in [-0.39, 0.29) is 6.54 Å². The zero-order valence-corrected chi connectivity index (χ0v) is 11.0. The van der Waals surface area contributed by atoms with Crippen molar-refractivity contribution >= 4 is 5.97 Å². The first-order valence-electron chi connectivity index (χ1n) is 5.68. The smallest absolute Gasteiger partial charge is 0.317 e. The number of hydrogen-bond donors (Lipinski definition) is 1. The molecule has 0 atom stereocenters. The number of aliphatic carboxylic acids is 1. The molecule has 1 rings (SSSR count). The quantitative estimate of drug-likeness (QED) is 0.792. The van der Waals surface area contributed by atoms with Crippen molar-refractivity contribution in [3.05, 3.63) is 23.8 Å². The van der Waals surface area contributed by atoms with Crippen LogP contribution in [0.25, 0.3) is 0 Å². The highest BCUT2D eigenvalue weighted by Crippen LogP contribution is 2.27. The van der Waals surface area contributed by atoms with Crippen LogP contribution >= 0.6 is 0 Å². The molecule has 100 valence electrons. The van der Waals surface area contributed by atoms with E-state index in [1.54, 1.807) is 26.2 Å².